The zero-order valence-corrected chi connectivity index (χ0v) is 27.1. The monoisotopic (exact) mass is 639 g/mol. The summed E-state index contributed by atoms with van der Waals surface area (Å²) in [6.07, 6.45) is -1.38. The Kier molecular flexibility index (Phi) is 10.4. The van der Waals surface area contributed by atoms with Crippen LogP contribution in [0.4, 0.5) is 14.0 Å². The van der Waals surface area contributed by atoms with Crippen LogP contribution in [0.2, 0.25) is 5.02 Å². The number of aryl methyl sites for hydroxylation is 1. The van der Waals surface area contributed by atoms with Gasteiger partial charge in [-0.15, -0.1) is 0 Å². The molecule has 1 fully saturated rings. The first kappa shape index (κ1) is 34.1. The number of piperazine rings is 1. The number of halogens is 2. The molecule has 0 aliphatic carbocycles. The molecule has 0 spiro atoms. The fourth-order valence-electron chi connectivity index (χ4n) is 4.42. The van der Waals surface area contributed by atoms with Crippen LogP contribution in [0.3, 0.4) is 0 Å². The van der Waals surface area contributed by atoms with Crippen LogP contribution in [-0.4, -0.2) is 84.8 Å². The Morgan fingerprint density at radius 3 is 2.21 bits per heavy atom. The second-order valence-corrected chi connectivity index (χ2v) is 15.0. The van der Waals surface area contributed by atoms with Gasteiger partial charge in [-0.2, -0.15) is 0 Å². The van der Waals surface area contributed by atoms with E-state index in [9.17, 15) is 27.2 Å². The number of ether oxygens (including phenoxy) is 2. The van der Waals surface area contributed by atoms with Crippen molar-refractivity contribution in [1.82, 2.24) is 15.1 Å². The summed E-state index contributed by atoms with van der Waals surface area (Å²) in [6.45, 7) is 12.0. The maximum Gasteiger partial charge on any atom is 0.410 e. The van der Waals surface area contributed by atoms with Gasteiger partial charge >= 0.3 is 12.2 Å². The van der Waals surface area contributed by atoms with E-state index in [4.69, 9.17) is 21.1 Å². The van der Waals surface area contributed by atoms with E-state index in [1.165, 1.54) is 21.9 Å². The van der Waals surface area contributed by atoms with Gasteiger partial charge in [0.1, 0.15) is 17.1 Å². The lowest BCUT2D eigenvalue weighted by molar-refractivity contribution is -0.0118. The van der Waals surface area contributed by atoms with Crippen molar-refractivity contribution in [1.29, 1.82) is 0 Å². The van der Waals surface area contributed by atoms with E-state index >= 15 is 0 Å². The zero-order chi connectivity index (χ0) is 32.3. The molecule has 1 N–H and O–H groups in total. The maximum atomic E-state index is 14.9. The average Bonchev–Trinajstić information content (AvgIpc) is 2.86. The fraction of sp³-hybridized carbons (Fsp3) is 0.500. The van der Waals surface area contributed by atoms with Gasteiger partial charge in [0.05, 0.1) is 22.4 Å². The highest BCUT2D eigenvalue weighted by molar-refractivity contribution is 7.91. The SMILES string of the molecule is Cc1cccc(-c2cc(Cl)c(F)c(C(=O)NCS(=O)(=O)CC3CN(C(=O)OC(C)(C)C)CCN3C(=O)OC(C)(C)C)c2)c1. The molecule has 0 bridgehead atoms. The lowest BCUT2D eigenvalue weighted by atomic mass is 10.0. The van der Waals surface area contributed by atoms with Crippen LogP contribution in [0.1, 0.15) is 57.5 Å². The molecule has 3 amide bonds. The van der Waals surface area contributed by atoms with E-state index in [0.717, 1.165) is 5.56 Å². The Balaban J connectivity index is 1.79. The van der Waals surface area contributed by atoms with Gasteiger partial charge in [-0.1, -0.05) is 41.4 Å². The van der Waals surface area contributed by atoms with Crippen LogP contribution in [0.5, 0.6) is 0 Å². The molecule has 0 aromatic heterocycles. The fourth-order valence-corrected chi connectivity index (χ4v) is 5.98. The minimum atomic E-state index is -4.09. The van der Waals surface area contributed by atoms with Crippen molar-refractivity contribution in [2.45, 2.75) is 65.7 Å². The maximum absolute atomic E-state index is 14.9. The molecule has 0 radical (unpaired) electrons. The molecule has 2 aromatic rings. The van der Waals surface area contributed by atoms with Crippen molar-refractivity contribution in [3.05, 3.63) is 58.4 Å². The van der Waals surface area contributed by atoms with Gasteiger partial charge in [-0.05, 0) is 71.7 Å². The van der Waals surface area contributed by atoms with E-state index in [0.29, 0.717) is 11.1 Å². The highest BCUT2D eigenvalue weighted by Gasteiger charge is 2.38. The van der Waals surface area contributed by atoms with Crippen molar-refractivity contribution in [2.24, 2.45) is 0 Å². The molecule has 236 valence electrons. The van der Waals surface area contributed by atoms with Gasteiger partial charge in [0.2, 0.25) is 0 Å². The third kappa shape index (κ3) is 9.82. The second kappa shape index (κ2) is 13.1. The second-order valence-electron chi connectivity index (χ2n) is 12.5. The molecule has 1 aliphatic rings. The molecule has 2 aromatic carbocycles. The number of nitrogens with zero attached hydrogens (tertiary/aromatic N) is 2. The molecular weight excluding hydrogens is 601 g/mol. The lowest BCUT2D eigenvalue weighted by Gasteiger charge is -2.41. The Morgan fingerprint density at radius 2 is 1.60 bits per heavy atom. The molecule has 10 nitrogen and oxygen atoms in total. The number of carbonyl (C=O) groups is 3. The summed E-state index contributed by atoms with van der Waals surface area (Å²) >= 11 is 6.08. The Bertz CT molecular complexity index is 1490. The molecule has 1 aliphatic heterocycles. The minimum absolute atomic E-state index is 0.0101. The molecule has 3 rings (SSSR count). The van der Waals surface area contributed by atoms with Crippen molar-refractivity contribution in [3.8, 4) is 11.1 Å². The van der Waals surface area contributed by atoms with E-state index in [2.05, 4.69) is 5.32 Å². The zero-order valence-electron chi connectivity index (χ0n) is 25.5. The highest BCUT2D eigenvalue weighted by Crippen LogP contribution is 2.29. The Hall–Kier alpha value is -3.38. The molecule has 1 heterocycles. The van der Waals surface area contributed by atoms with Gasteiger partial charge < -0.3 is 24.6 Å². The largest absolute Gasteiger partial charge is 0.444 e. The molecule has 1 atom stereocenters. The number of hydrogen-bond donors (Lipinski definition) is 1. The first-order chi connectivity index (χ1) is 19.7. The predicted octanol–water partition coefficient (Wildman–Crippen LogP) is 5.41. The highest BCUT2D eigenvalue weighted by atomic mass is 35.5. The van der Waals surface area contributed by atoms with Crippen LogP contribution < -0.4 is 5.32 Å². The molecular formula is C30H39ClFN3O7S. The summed E-state index contributed by atoms with van der Waals surface area (Å²) in [5.74, 6) is -3.40. The van der Waals surface area contributed by atoms with Crippen molar-refractivity contribution in [2.75, 3.05) is 31.3 Å². The third-order valence-corrected chi connectivity index (χ3v) is 8.04. The summed E-state index contributed by atoms with van der Waals surface area (Å²) in [4.78, 5) is 41.3. The number of benzene rings is 2. The van der Waals surface area contributed by atoms with Crippen LogP contribution >= 0.6 is 11.6 Å². The van der Waals surface area contributed by atoms with Gasteiger partial charge in [0.15, 0.2) is 15.7 Å². The van der Waals surface area contributed by atoms with Crippen LogP contribution in [0, 0.1) is 12.7 Å². The van der Waals surface area contributed by atoms with Crippen molar-refractivity contribution < 1.29 is 36.7 Å². The summed E-state index contributed by atoms with van der Waals surface area (Å²) in [5, 5.41) is 1.98. The van der Waals surface area contributed by atoms with Gasteiger partial charge in [-0.25, -0.2) is 22.4 Å². The Labute approximate surface area is 257 Å². The molecule has 0 saturated carbocycles. The van der Waals surface area contributed by atoms with E-state index in [1.807, 2.05) is 25.1 Å². The number of rotatable bonds is 6. The van der Waals surface area contributed by atoms with Crippen LogP contribution in [0.15, 0.2) is 36.4 Å². The minimum Gasteiger partial charge on any atom is -0.444 e. The first-order valence-electron chi connectivity index (χ1n) is 13.8. The summed E-state index contributed by atoms with van der Waals surface area (Å²) in [6, 6.07) is 9.03. The number of sulfone groups is 1. The normalized spacial score (nSPS) is 16.1. The number of amides is 3. The van der Waals surface area contributed by atoms with Crippen LogP contribution in [-0.2, 0) is 19.3 Å². The summed E-state index contributed by atoms with van der Waals surface area (Å²) in [7, 11) is -4.09. The van der Waals surface area contributed by atoms with Gasteiger partial charge in [0.25, 0.3) is 5.91 Å². The number of hydrogen-bond acceptors (Lipinski definition) is 7. The molecule has 13 heteroatoms. The quantitative estimate of drug-likeness (QED) is 0.448. The Morgan fingerprint density at radius 1 is 0.977 bits per heavy atom. The third-order valence-electron chi connectivity index (χ3n) is 6.29. The van der Waals surface area contributed by atoms with Crippen LogP contribution in [0.25, 0.3) is 11.1 Å². The van der Waals surface area contributed by atoms with E-state index in [-0.39, 0.29) is 24.7 Å². The molecule has 1 saturated heterocycles. The van der Waals surface area contributed by atoms with Crippen molar-refractivity contribution >= 4 is 39.5 Å². The van der Waals surface area contributed by atoms with Crippen molar-refractivity contribution in [3.63, 3.8) is 0 Å². The summed E-state index contributed by atoms with van der Waals surface area (Å²) < 4.78 is 52.2. The first-order valence-corrected chi connectivity index (χ1v) is 16.0. The van der Waals surface area contributed by atoms with Gasteiger partial charge in [0, 0.05) is 19.6 Å². The average molecular weight is 640 g/mol. The number of nitrogens with one attached hydrogen (secondary N) is 1. The lowest BCUT2D eigenvalue weighted by Crippen LogP contribution is -2.60. The number of carbonyl (C=O) groups excluding carboxylic acids is 3. The van der Waals surface area contributed by atoms with Gasteiger partial charge in [-0.3, -0.25) is 4.79 Å². The van der Waals surface area contributed by atoms with E-state index < -0.39 is 68.2 Å². The molecule has 43 heavy (non-hydrogen) atoms. The molecule has 1 unspecified atom stereocenters. The summed E-state index contributed by atoms with van der Waals surface area (Å²) in [5.41, 5.74) is 0.111. The predicted molar refractivity (Wildman–Crippen MR) is 162 cm³/mol. The van der Waals surface area contributed by atoms with E-state index in [1.54, 1.807) is 47.6 Å². The standard InChI is InChI=1S/C30H39ClFN3O7S/c1-19-9-8-10-20(13-19)21-14-23(25(32)24(31)15-21)26(36)33-18-43(39,40)17-22-16-34(27(37)41-29(2,3)4)11-12-35(22)28(38)42-30(5,6)7/h8-10,13-15,22H,11-12,16-18H2,1-7H3,(H,33,36). The smallest absolute Gasteiger partial charge is 0.410 e. The topological polar surface area (TPSA) is 122 Å².